The second-order valence-corrected chi connectivity index (χ2v) is 6.41. The van der Waals surface area contributed by atoms with Crippen LogP contribution in [0.1, 0.15) is 18.4 Å². The highest BCUT2D eigenvalue weighted by Crippen LogP contribution is 2.37. The van der Waals surface area contributed by atoms with E-state index in [0.717, 1.165) is 12.8 Å². The quantitative estimate of drug-likeness (QED) is 0.448. The van der Waals surface area contributed by atoms with Crippen molar-refractivity contribution >= 4 is 43.0 Å². The molecular formula is C20H15Br. The summed E-state index contributed by atoms with van der Waals surface area (Å²) in [6.07, 6.45) is 6.73. The minimum atomic E-state index is 1.09. The van der Waals surface area contributed by atoms with Gasteiger partial charge in [0.15, 0.2) is 0 Å². The zero-order chi connectivity index (χ0) is 14.2. The van der Waals surface area contributed by atoms with E-state index in [1.54, 1.807) is 0 Å². The van der Waals surface area contributed by atoms with Gasteiger partial charge in [-0.25, -0.2) is 0 Å². The third-order valence-electron chi connectivity index (χ3n) is 4.17. The van der Waals surface area contributed by atoms with Crippen LogP contribution in [0.15, 0.2) is 71.2 Å². The van der Waals surface area contributed by atoms with Crippen molar-refractivity contribution in [1.82, 2.24) is 0 Å². The maximum atomic E-state index is 3.77. The molecule has 1 aliphatic rings. The summed E-state index contributed by atoms with van der Waals surface area (Å²) in [5, 5.41) is 5.29. The first-order valence-corrected chi connectivity index (χ1v) is 8.10. The molecule has 0 aromatic heterocycles. The van der Waals surface area contributed by atoms with Crippen LogP contribution in [-0.2, 0) is 0 Å². The molecule has 0 saturated heterocycles. The van der Waals surface area contributed by atoms with Crippen molar-refractivity contribution in [2.75, 3.05) is 0 Å². The van der Waals surface area contributed by atoms with E-state index in [1.807, 2.05) is 0 Å². The maximum absolute atomic E-state index is 3.77. The zero-order valence-electron chi connectivity index (χ0n) is 11.6. The molecule has 21 heavy (non-hydrogen) atoms. The zero-order valence-corrected chi connectivity index (χ0v) is 13.2. The van der Waals surface area contributed by atoms with Crippen LogP contribution in [-0.4, -0.2) is 0 Å². The summed E-state index contributed by atoms with van der Waals surface area (Å²) >= 11 is 3.77. The van der Waals surface area contributed by atoms with E-state index in [2.05, 4.69) is 82.7 Å². The first-order valence-electron chi connectivity index (χ1n) is 7.30. The Balaban J connectivity index is 2.15. The minimum absolute atomic E-state index is 1.09. The molecule has 0 unspecified atom stereocenters. The van der Waals surface area contributed by atoms with Crippen molar-refractivity contribution in [3.63, 3.8) is 0 Å². The fraction of sp³-hybridized carbons (Fsp3) is 0.100. The average molecular weight is 335 g/mol. The summed E-state index contributed by atoms with van der Waals surface area (Å²) in [5.74, 6) is 0. The molecule has 102 valence electrons. The molecule has 3 aromatic rings. The molecule has 1 aliphatic carbocycles. The molecule has 0 nitrogen and oxygen atoms in total. The SMILES string of the molecule is BrC1=C(c2cc3ccccc3c3ccccc23)C=CCC1. The van der Waals surface area contributed by atoms with Crippen molar-refractivity contribution < 1.29 is 0 Å². The fourth-order valence-corrected chi connectivity index (χ4v) is 3.72. The molecule has 0 amide bonds. The highest BCUT2D eigenvalue weighted by molar-refractivity contribution is 9.11. The van der Waals surface area contributed by atoms with E-state index in [9.17, 15) is 0 Å². The Morgan fingerprint density at radius 1 is 0.810 bits per heavy atom. The summed E-state index contributed by atoms with van der Waals surface area (Å²) < 4.78 is 1.31. The van der Waals surface area contributed by atoms with Crippen LogP contribution >= 0.6 is 15.9 Å². The molecule has 0 aliphatic heterocycles. The van der Waals surface area contributed by atoms with Crippen LogP contribution < -0.4 is 0 Å². The van der Waals surface area contributed by atoms with Gasteiger partial charge in [-0.05, 0) is 51.6 Å². The second kappa shape index (κ2) is 5.16. The monoisotopic (exact) mass is 334 g/mol. The lowest BCUT2D eigenvalue weighted by Crippen LogP contribution is -1.92. The van der Waals surface area contributed by atoms with Crippen molar-refractivity contribution in [1.29, 1.82) is 0 Å². The van der Waals surface area contributed by atoms with Crippen molar-refractivity contribution in [3.05, 3.63) is 76.8 Å². The third kappa shape index (κ3) is 2.13. The topological polar surface area (TPSA) is 0 Å². The van der Waals surface area contributed by atoms with Gasteiger partial charge in [0.2, 0.25) is 0 Å². The second-order valence-electron chi connectivity index (χ2n) is 5.45. The Morgan fingerprint density at radius 2 is 1.52 bits per heavy atom. The van der Waals surface area contributed by atoms with Crippen molar-refractivity contribution in [2.45, 2.75) is 12.8 Å². The molecule has 0 heterocycles. The van der Waals surface area contributed by atoms with Crippen LogP contribution in [0.5, 0.6) is 0 Å². The summed E-state index contributed by atoms with van der Waals surface area (Å²) in [5.41, 5.74) is 2.65. The number of fused-ring (bicyclic) bond motifs is 3. The molecule has 0 N–H and O–H groups in total. The van der Waals surface area contributed by atoms with E-state index in [1.165, 1.54) is 37.2 Å². The van der Waals surface area contributed by atoms with Gasteiger partial charge in [-0.3, -0.25) is 0 Å². The van der Waals surface area contributed by atoms with E-state index >= 15 is 0 Å². The normalized spacial score (nSPS) is 15.1. The molecular weight excluding hydrogens is 320 g/mol. The lowest BCUT2D eigenvalue weighted by atomic mass is 9.91. The maximum Gasteiger partial charge on any atom is 0.00322 e. The molecule has 0 radical (unpaired) electrons. The van der Waals surface area contributed by atoms with E-state index < -0.39 is 0 Å². The highest BCUT2D eigenvalue weighted by atomic mass is 79.9. The van der Waals surface area contributed by atoms with Gasteiger partial charge >= 0.3 is 0 Å². The Bertz CT molecular complexity index is 900. The summed E-state index contributed by atoms with van der Waals surface area (Å²) in [6.45, 7) is 0. The number of halogens is 1. The molecule has 3 aromatic carbocycles. The van der Waals surface area contributed by atoms with Crippen LogP contribution in [0, 0.1) is 0 Å². The van der Waals surface area contributed by atoms with Gasteiger partial charge in [-0.15, -0.1) is 0 Å². The Labute approximate surface area is 132 Å². The van der Waals surface area contributed by atoms with E-state index in [-0.39, 0.29) is 0 Å². The van der Waals surface area contributed by atoms with Gasteiger partial charge in [0.25, 0.3) is 0 Å². The Hall–Kier alpha value is -1.86. The van der Waals surface area contributed by atoms with Gasteiger partial charge in [0.05, 0.1) is 0 Å². The Morgan fingerprint density at radius 3 is 2.33 bits per heavy atom. The molecule has 0 spiro atoms. The van der Waals surface area contributed by atoms with E-state index in [0.29, 0.717) is 0 Å². The van der Waals surface area contributed by atoms with Gasteiger partial charge < -0.3 is 0 Å². The Kier molecular flexibility index (Phi) is 3.16. The molecule has 4 rings (SSSR count). The minimum Gasteiger partial charge on any atom is -0.0835 e. The van der Waals surface area contributed by atoms with E-state index in [4.69, 9.17) is 0 Å². The highest BCUT2D eigenvalue weighted by Gasteiger charge is 2.13. The first kappa shape index (κ1) is 12.8. The van der Waals surface area contributed by atoms with Crippen LogP contribution in [0.3, 0.4) is 0 Å². The van der Waals surface area contributed by atoms with Crippen molar-refractivity contribution in [3.8, 4) is 0 Å². The van der Waals surface area contributed by atoms with Gasteiger partial charge in [-0.1, -0.05) is 76.6 Å². The summed E-state index contributed by atoms with van der Waals surface area (Å²) in [6, 6.07) is 19.7. The molecule has 0 bridgehead atoms. The fourth-order valence-electron chi connectivity index (χ4n) is 3.15. The van der Waals surface area contributed by atoms with Crippen LogP contribution in [0.2, 0.25) is 0 Å². The molecule has 0 fully saturated rings. The summed E-state index contributed by atoms with van der Waals surface area (Å²) in [7, 11) is 0. The smallest absolute Gasteiger partial charge is 0.00322 e. The average Bonchev–Trinajstić information content (AvgIpc) is 2.55. The van der Waals surface area contributed by atoms with Crippen molar-refractivity contribution in [2.24, 2.45) is 0 Å². The number of rotatable bonds is 1. The van der Waals surface area contributed by atoms with Crippen LogP contribution in [0.4, 0.5) is 0 Å². The molecule has 0 atom stereocenters. The number of hydrogen-bond donors (Lipinski definition) is 0. The van der Waals surface area contributed by atoms with Gasteiger partial charge in [0, 0.05) is 4.48 Å². The van der Waals surface area contributed by atoms with Crippen LogP contribution in [0.25, 0.3) is 27.1 Å². The molecule has 1 heteroatoms. The number of allylic oxidation sites excluding steroid dienone is 4. The summed E-state index contributed by atoms with van der Waals surface area (Å²) in [4.78, 5) is 0. The number of benzene rings is 3. The van der Waals surface area contributed by atoms with Gasteiger partial charge in [0.1, 0.15) is 0 Å². The lowest BCUT2D eigenvalue weighted by Gasteiger charge is -2.15. The third-order valence-corrected chi connectivity index (χ3v) is 4.99. The largest absolute Gasteiger partial charge is 0.0835 e. The predicted octanol–water partition coefficient (Wildman–Crippen LogP) is 6.45. The predicted molar refractivity (Wildman–Crippen MR) is 95.7 cm³/mol. The number of hydrogen-bond acceptors (Lipinski definition) is 0. The van der Waals surface area contributed by atoms with Gasteiger partial charge in [-0.2, -0.15) is 0 Å². The molecule has 0 saturated carbocycles. The standard InChI is InChI=1S/C20H15Br/c21-20-12-6-5-11-18(20)19-13-14-7-1-2-8-15(14)16-9-3-4-10-17(16)19/h1-5,7-11,13H,6,12H2. The lowest BCUT2D eigenvalue weighted by molar-refractivity contribution is 1.03. The first-order chi connectivity index (χ1) is 10.3.